The molecule has 0 spiro atoms. The quantitative estimate of drug-likeness (QED) is 0.711. The van der Waals surface area contributed by atoms with E-state index in [1.165, 1.54) is 15.3 Å². The minimum absolute atomic E-state index is 0.717. The van der Waals surface area contributed by atoms with Crippen molar-refractivity contribution in [3.05, 3.63) is 51.8 Å². The monoisotopic (exact) mass is 283 g/mol. The molecule has 0 amide bonds. The highest BCUT2D eigenvalue weighted by atomic mass is 32.1. The summed E-state index contributed by atoms with van der Waals surface area (Å²) < 4.78 is 0. The summed E-state index contributed by atoms with van der Waals surface area (Å²) in [4.78, 5) is 7.07. The van der Waals surface area contributed by atoms with Gasteiger partial charge in [-0.25, -0.2) is 0 Å². The standard InChI is InChI=1S/C16H17N3S/c1-10-8-12(20-11(10)2)9-19-15-6-7-18-16-13(15)4-3-5-14(16)17/h3-8H,9,17H2,1-2H3,(H,18,19). The van der Waals surface area contributed by atoms with E-state index >= 15 is 0 Å². The molecular formula is C16H17N3S. The first kappa shape index (κ1) is 12.9. The summed E-state index contributed by atoms with van der Waals surface area (Å²) in [5.41, 5.74) is 9.97. The van der Waals surface area contributed by atoms with Gasteiger partial charge in [-0.2, -0.15) is 0 Å². The van der Waals surface area contributed by atoms with Crippen molar-refractivity contribution in [1.29, 1.82) is 0 Å². The lowest BCUT2D eigenvalue weighted by Crippen LogP contribution is -1.99. The fraction of sp³-hybridized carbons (Fsp3) is 0.188. The molecule has 0 aliphatic heterocycles. The van der Waals surface area contributed by atoms with Gasteiger partial charge in [0, 0.05) is 33.6 Å². The lowest BCUT2D eigenvalue weighted by Gasteiger charge is -2.09. The second kappa shape index (κ2) is 5.13. The van der Waals surface area contributed by atoms with E-state index in [-0.39, 0.29) is 0 Å². The fourth-order valence-electron chi connectivity index (χ4n) is 2.27. The van der Waals surface area contributed by atoms with Gasteiger partial charge in [0.25, 0.3) is 0 Å². The molecule has 4 heteroatoms. The number of nitrogens with two attached hydrogens (primary N) is 1. The molecule has 0 aliphatic carbocycles. The molecule has 3 nitrogen and oxygen atoms in total. The molecule has 2 heterocycles. The fourth-order valence-corrected chi connectivity index (χ4v) is 3.27. The number of aryl methyl sites for hydroxylation is 2. The van der Waals surface area contributed by atoms with Gasteiger partial charge in [-0.3, -0.25) is 4.98 Å². The van der Waals surface area contributed by atoms with E-state index in [9.17, 15) is 0 Å². The van der Waals surface area contributed by atoms with Crippen LogP contribution >= 0.6 is 11.3 Å². The summed E-state index contributed by atoms with van der Waals surface area (Å²) in [5.74, 6) is 0. The summed E-state index contributed by atoms with van der Waals surface area (Å²) in [5, 5.41) is 4.55. The Kier molecular flexibility index (Phi) is 3.32. The molecule has 2 aromatic heterocycles. The van der Waals surface area contributed by atoms with Gasteiger partial charge in [-0.1, -0.05) is 12.1 Å². The first-order valence-electron chi connectivity index (χ1n) is 6.58. The van der Waals surface area contributed by atoms with E-state index in [0.717, 1.165) is 23.1 Å². The predicted molar refractivity (Wildman–Crippen MR) is 87.3 cm³/mol. The van der Waals surface area contributed by atoms with Crippen LogP contribution in [-0.4, -0.2) is 4.98 Å². The summed E-state index contributed by atoms with van der Waals surface area (Å²) in [7, 11) is 0. The molecule has 3 aromatic rings. The van der Waals surface area contributed by atoms with Crippen molar-refractivity contribution in [2.45, 2.75) is 20.4 Å². The molecule has 1 aromatic carbocycles. The topological polar surface area (TPSA) is 50.9 Å². The second-order valence-electron chi connectivity index (χ2n) is 4.91. The summed E-state index contributed by atoms with van der Waals surface area (Å²) in [6.45, 7) is 5.14. The lowest BCUT2D eigenvalue weighted by atomic mass is 10.1. The van der Waals surface area contributed by atoms with Crippen LogP contribution in [-0.2, 0) is 6.54 Å². The SMILES string of the molecule is Cc1cc(CNc2ccnc3c(N)cccc23)sc1C. The molecular weight excluding hydrogens is 266 g/mol. The van der Waals surface area contributed by atoms with Crippen LogP contribution in [0.2, 0.25) is 0 Å². The summed E-state index contributed by atoms with van der Waals surface area (Å²) in [6.07, 6.45) is 1.80. The number of hydrogen-bond donors (Lipinski definition) is 2. The number of fused-ring (bicyclic) bond motifs is 1. The van der Waals surface area contributed by atoms with E-state index in [4.69, 9.17) is 5.73 Å². The Morgan fingerprint density at radius 3 is 2.85 bits per heavy atom. The Bertz CT molecular complexity index is 742. The number of benzene rings is 1. The lowest BCUT2D eigenvalue weighted by molar-refractivity contribution is 1.19. The number of para-hydroxylation sites is 1. The van der Waals surface area contributed by atoms with Crippen molar-refractivity contribution in [1.82, 2.24) is 4.98 Å². The molecule has 0 unspecified atom stereocenters. The average Bonchev–Trinajstić information content (AvgIpc) is 2.76. The Hall–Kier alpha value is -2.07. The summed E-state index contributed by atoms with van der Waals surface area (Å²) >= 11 is 1.84. The molecule has 0 saturated carbocycles. The maximum Gasteiger partial charge on any atom is 0.0951 e. The summed E-state index contributed by atoms with van der Waals surface area (Å²) in [6, 6.07) is 10.1. The number of nitrogens with zero attached hydrogens (tertiary/aromatic N) is 1. The zero-order chi connectivity index (χ0) is 14.1. The molecule has 20 heavy (non-hydrogen) atoms. The van der Waals surface area contributed by atoms with Crippen molar-refractivity contribution in [3.63, 3.8) is 0 Å². The second-order valence-corrected chi connectivity index (χ2v) is 6.25. The molecule has 0 radical (unpaired) electrons. The Morgan fingerprint density at radius 2 is 2.10 bits per heavy atom. The third-order valence-corrected chi connectivity index (χ3v) is 4.62. The van der Waals surface area contributed by atoms with E-state index in [2.05, 4.69) is 30.2 Å². The van der Waals surface area contributed by atoms with Crippen LogP contribution in [0.15, 0.2) is 36.5 Å². The van der Waals surface area contributed by atoms with Gasteiger partial charge in [-0.05, 0) is 37.6 Å². The Balaban J connectivity index is 1.89. The van der Waals surface area contributed by atoms with Gasteiger partial charge in [0.05, 0.1) is 11.2 Å². The number of pyridine rings is 1. The normalized spacial score (nSPS) is 10.9. The van der Waals surface area contributed by atoms with E-state index in [0.29, 0.717) is 5.69 Å². The maximum atomic E-state index is 5.97. The zero-order valence-corrected chi connectivity index (χ0v) is 12.4. The molecule has 3 N–H and O–H groups in total. The van der Waals surface area contributed by atoms with Crippen molar-refractivity contribution < 1.29 is 0 Å². The number of thiophene rings is 1. The first-order valence-corrected chi connectivity index (χ1v) is 7.40. The van der Waals surface area contributed by atoms with E-state index in [1.54, 1.807) is 6.20 Å². The number of hydrogen-bond acceptors (Lipinski definition) is 4. The van der Waals surface area contributed by atoms with Crippen molar-refractivity contribution >= 4 is 33.6 Å². The molecule has 0 fully saturated rings. The van der Waals surface area contributed by atoms with Crippen LogP contribution in [0.25, 0.3) is 10.9 Å². The van der Waals surface area contributed by atoms with Gasteiger partial charge < -0.3 is 11.1 Å². The number of anilines is 2. The van der Waals surface area contributed by atoms with Gasteiger partial charge >= 0.3 is 0 Å². The zero-order valence-electron chi connectivity index (χ0n) is 11.6. The van der Waals surface area contributed by atoms with Crippen LogP contribution < -0.4 is 11.1 Å². The first-order chi connectivity index (χ1) is 9.65. The number of nitrogen functional groups attached to an aromatic ring is 1. The van der Waals surface area contributed by atoms with Crippen LogP contribution in [0.5, 0.6) is 0 Å². The highest BCUT2D eigenvalue weighted by Gasteiger charge is 2.05. The molecule has 0 saturated heterocycles. The maximum absolute atomic E-state index is 5.97. The highest BCUT2D eigenvalue weighted by molar-refractivity contribution is 7.12. The minimum Gasteiger partial charge on any atom is -0.397 e. The van der Waals surface area contributed by atoms with Crippen molar-refractivity contribution in [2.75, 3.05) is 11.1 Å². The number of aromatic nitrogens is 1. The van der Waals surface area contributed by atoms with Crippen LogP contribution in [0.3, 0.4) is 0 Å². The third-order valence-electron chi connectivity index (χ3n) is 3.47. The van der Waals surface area contributed by atoms with Crippen molar-refractivity contribution in [2.24, 2.45) is 0 Å². The number of rotatable bonds is 3. The van der Waals surface area contributed by atoms with E-state index in [1.807, 2.05) is 35.6 Å². The number of nitrogens with one attached hydrogen (secondary N) is 1. The predicted octanol–water partition coefficient (Wildman–Crippen LogP) is 4.11. The van der Waals surface area contributed by atoms with Crippen LogP contribution in [0, 0.1) is 13.8 Å². The molecule has 102 valence electrons. The smallest absolute Gasteiger partial charge is 0.0951 e. The van der Waals surface area contributed by atoms with Gasteiger partial charge in [0.15, 0.2) is 0 Å². The molecule has 0 bridgehead atoms. The highest BCUT2D eigenvalue weighted by Crippen LogP contribution is 2.27. The Labute approximate surface area is 122 Å². The Morgan fingerprint density at radius 1 is 1.25 bits per heavy atom. The van der Waals surface area contributed by atoms with Gasteiger partial charge in [-0.15, -0.1) is 11.3 Å². The van der Waals surface area contributed by atoms with Gasteiger partial charge in [0.2, 0.25) is 0 Å². The third kappa shape index (κ3) is 2.34. The molecule has 0 atom stereocenters. The van der Waals surface area contributed by atoms with E-state index < -0.39 is 0 Å². The minimum atomic E-state index is 0.717. The van der Waals surface area contributed by atoms with Crippen LogP contribution in [0.4, 0.5) is 11.4 Å². The van der Waals surface area contributed by atoms with Gasteiger partial charge in [0.1, 0.15) is 0 Å². The molecule has 0 aliphatic rings. The van der Waals surface area contributed by atoms with Crippen LogP contribution in [0.1, 0.15) is 15.3 Å². The van der Waals surface area contributed by atoms with Crippen molar-refractivity contribution in [3.8, 4) is 0 Å². The molecule has 3 rings (SSSR count). The average molecular weight is 283 g/mol. The largest absolute Gasteiger partial charge is 0.397 e.